The van der Waals surface area contributed by atoms with E-state index in [4.69, 9.17) is 5.73 Å². The van der Waals surface area contributed by atoms with Gasteiger partial charge in [0, 0.05) is 11.4 Å². The average molecular weight is 288 g/mol. The highest BCUT2D eigenvalue weighted by molar-refractivity contribution is 7.18. The zero-order chi connectivity index (χ0) is 14.1. The molecule has 6 heteroatoms. The van der Waals surface area contributed by atoms with Crippen LogP contribution in [0.15, 0.2) is 30.3 Å². The molecule has 0 bridgehead atoms. The van der Waals surface area contributed by atoms with Crippen LogP contribution in [0.25, 0.3) is 10.2 Å². The summed E-state index contributed by atoms with van der Waals surface area (Å²) in [6.07, 6.45) is 0. The van der Waals surface area contributed by atoms with Crippen molar-refractivity contribution in [3.8, 4) is 0 Å². The number of benzene rings is 1. The maximum Gasteiger partial charge on any atom is 0.223 e. The first kappa shape index (κ1) is 12.8. The van der Waals surface area contributed by atoms with E-state index in [0.717, 1.165) is 20.7 Å². The van der Waals surface area contributed by atoms with E-state index in [1.807, 2.05) is 19.1 Å². The normalized spacial score (nSPS) is 10.9. The molecule has 20 heavy (non-hydrogen) atoms. The maximum atomic E-state index is 13.1. The molecule has 4 nitrogen and oxygen atoms in total. The molecule has 3 N–H and O–H groups in total. The van der Waals surface area contributed by atoms with Crippen LogP contribution < -0.4 is 11.1 Å². The molecular weight excluding hydrogens is 275 g/mol. The Labute approximate surface area is 119 Å². The number of hydrogen-bond acceptors (Lipinski definition) is 5. The third-order valence-electron chi connectivity index (χ3n) is 2.88. The number of anilines is 2. The van der Waals surface area contributed by atoms with Gasteiger partial charge in [0.2, 0.25) is 5.95 Å². The number of nitrogens with zero attached hydrogens (tertiary/aromatic N) is 2. The molecule has 0 unspecified atom stereocenters. The van der Waals surface area contributed by atoms with Crippen LogP contribution in [0.3, 0.4) is 0 Å². The van der Waals surface area contributed by atoms with Gasteiger partial charge in [-0.15, -0.1) is 11.3 Å². The number of rotatable bonds is 3. The number of fused-ring (bicyclic) bond motifs is 1. The largest absolute Gasteiger partial charge is 0.368 e. The molecule has 0 aliphatic carbocycles. The van der Waals surface area contributed by atoms with E-state index in [2.05, 4.69) is 15.3 Å². The third kappa shape index (κ3) is 2.55. The number of nitrogens with one attached hydrogen (secondary N) is 1. The summed E-state index contributed by atoms with van der Waals surface area (Å²) in [7, 11) is 0. The molecular formula is C14H13FN4S. The molecule has 2 heterocycles. The van der Waals surface area contributed by atoms with Gasteiger partial charge in [-0.05, 0) is 30.7 Å². The minimum absolute atomic E-state index is 0.237. The molecule has 1 aromatic carbocycles. The molecule has 0 radical (unpaired) electrons. The summed E-state index contributed by atoms with van der Waals surface area (Å²) < 4.78 is 13.1. The summed E-state index contributed by atoms with van der Waals surface area (Å²) in [5, 5.41) is 4.14. The molecule has 0 atom stereocenters. The van der Waals surface area contributed by atoms with Crippen molar-refractivity contribution in [1.82, 2.24) is 9.97 Å². The molecule has 0 saturated carbocycles. The third-order valence-corrected chi connectivity index (χ3v) is 3.83. The van der Waals surface area contributed by atoms with Gasteiger partial charge in [0.15, 0.2) is 0 Å². The Hall–Kier alpha value is -2.21. The van der Waals surface area contributed by atoms with Gasteiger partial charge in [0.05, 0.1) is 5.39 Å². The fourth-order valence-corrected chi connectivity index (χ4v) is 2.91. The van der Waals surface area contributed by atoms with Crippen LogP contribution in [-0.4, -0.2) is 9.97 Å². The van der Waals surface area contributed by atoms with Crippen molar-refractivity contribution in [1.29, 1.82) is 0 Å². The smallest absolute Gasteiger partial charge is 0.223 e. The van der Waals surface area contributed by atoms with Gasteiger partial charge < -0.3 is 11.1 Å². The summed E-state index contributed by atoms with van der Waals surface area (Å²) >= 11 is 1.57. The highest BCUT2D eigenvalue weighted by Crippen LogP contribution is 2.29. The molecule has 2 aromatic heterocycles. The monoisotopic (exact) mass is 288 g/mol. The lowest BCUT2D eigenvalue weighted by Gasteiger charge is -2.07. The number of nitrogen functional groups attached to an aromatic ring is 1. The van der Waals surface area contributed by atoms with Crippen LogP contribution in [-0.2, 0) is 6.54 Å². The molecule has 0 amide bonds. The Kier molecular flexibility index (Phi) is 3.23. The molecule has 102 valence electrons. The molecule has 0 aliphatic rings. The van der Waals surface area contributed by atoms with E-state index >= 15 is 0 Å². The number of nitrogens with two attached hydrogens (primary N) is 1. The van der Waals surface area contributed by atoms with Gasteiger partial charge in [-0.2, -0.15) is 4.98 Å². The topological polar surface area (TPSA) is 63.8 Å². The fraction of sp³-hybridized carbons (Fsp3) is 0.143. The van der Waals surface area contributed by atoms with Crippen molar-refractivity contribution in [2.24, 2.45) is 0 Å². The van der Waals surface area contributed by atoms with Crippen molar-refractivity contribution in [3.63, 3.8) is 0 Å². The summed E-state index contributed by atoms with van der Waals surface area (Å²) in [6.45, 7) is 2.50. The lowest BCUT2D eigenvalue weighted by molar-refractivity contribution is 0.626. The highest BCUT2D eigenvalue weighted by atomic mass is 32.1. The first-order valence-corrected chi connectivity index (χ1v) is 6.95. The molecule has 0 aliphatic heterocycles. The van der Waals surface area contributed by atoms with E-state index in [-0.39, 0.29) is 11.8 Å². The van der Waals surface area contributed by atoms with Gasteiger partial charge in [-0.3, -0.25) is 0 Å². The van der Waals surface area contributed by atoms with Crippen molar-refractivity contribution in [2.45, 2.75) is 13.5 Å². The number of halogens is 1. The zero-order valence-electron chi connectivity index (χ0n) is 10.9. The Morgan fingerprint density at radius 2 is 2.15 bits per heavy atom. The van der Waals surface area contributed by atoms with Gasteiger partial charge in [-0.1, -0.05) is 12.1 Å². The first-order valence-electron chi connectivity index (χ1n) is 6.14. The van der Waals surface area contributed by atoms with Gasteiger partial charge >= 0.3 is 0 Å². The number of aromatic nitrogens is 2. The Morgan fingerprint density at radius 3 is 2.95 bits per heavy atom. The van der Waals surface area contributed by atoms with Crippen LogP contribution >= 0.6 is 11.3 Å². The fourth-order valence-electron chi connectivity index (χ4n) is 2.03. The Balaban J connectivity index is 1.90. The van der Waals surface area contributed by atoms with E-state index in [1.54, 1.807) is 17.4 Å². The average Bonchev–Trinajstić information content (AvgIpc) is 2.76. The Bertz CT molecular complexity index is 769. The van der Waals surface area contributed by atoms with Crippen LogP contribution in [0.4, 0.5) is 16.2 Å². The lowest BCUT2D eigenvalue weighted by Crippen LogP contribution is -2.04. The summed E-state index contributed by atoms with van der Waals surface area (Å²) in [6, 6.07) is 8.48. The minimum atomic E-state index is -0.247. The molecule has 0 saturated heterocycles. The van der Waals surface area contributed by atoms with Crippen molar-refractivity contribution in [2.75, 3.05) is 11.1 Å². The quantitative estimate of drug-likeness (QED) is 0.776. The van der Waals surface area contributed by atoms with Gasteiger partial charge in [-0.25, -0.2) is 9.37 Å². The van der Waals surface area contributed by atoms with Crippen LogP contribution in [0.1, 0.15) is 10.4 Å². The highest BCUT2D eigenvalue weighted by Gasteiger charge is 2.09. The number of hydrogen-bond donors (Lipinski definition) is 2. The second-order valence-corrected chi connectivity index (χ2v) is 5.72. The SMILES string of the molecule is Cc1cc2c(NCc3cccc(F)c3)nc(N)nc2s1. The minimum Gasteiger partial charge on any atom is -0.368 e. The van der Waals surface area contributed by atoms with Crippen LogP contribution in [0.5, 0.6) is 0 Å². The zero-order valence-corrected chi connectivity index (χ0v) is 11.7. The molecule has 3 rings (SSSR count). The van der Waals surface area contributed by atoms with Crippen molar-refractivity contribution in [3.05, 3.63) is 46.6 Å². The van der Waals surface area contributed by atoms with Gasteiger partial charge in [0.25, 0.3) is 0 Å². The predicted octanol–water partition coefficient (Wildman–Crippen LogP) is 3.33. The molecule has 0 fully saturated rings. The second-order valence-electron chi connectivity index (χ2n) is 4.49. The maximum absolute atomic E-state index is 13.1. The number of aryl methyl sites for hydroxylation is 1. The second kappa shape index (κ2) is 5.05. The standard InChI is InChI=1S/C14H13FN4S/c1-8-5-11-12(18-14(16)19-13(11)20-8)17-7-9-3-2-4-10(15)6-9/h2-6H,7H2,1H3,(H3,16,17,18,19). The van der Waals surface area contributed by atoms with Gasteiger partial charge in [0.1, 0.15) is 16.5 Å². The van der Waals surface area contributed by atoms with Crippen LogP contribution in [0.2, 0.25) is 0 Å². The van der Waals surface area contributed by atoms with E-state index < -0.39 is 0 Å². The van der Waals surface area contributed by atoms with Crippen molar-refractivity contribution < 1.29 is 4.39 Å². The Morgan fingerprint density at radius 1 is 1.30 bits per heavy atom. The number of thiophene rings is 1. The van der Waals surface area contributed by atoms with E-state index in [9.17, 15) is 4.39 Å². The molecule has 3 aromatic rings. The molecule has 0 spiro atoms. The van der Waals surface area contributed by atoms with E-state index in [0.29, 0.717) is 12.4 Å². The van der Waals surface area contributed by atoms with E-state index in [1.165, 1.54) is 12.1 Å². The summed E-state index contributed by atoms with van der Waals surface area (Å²) in [5.41, 5.74) is 6.56. The summed E-state index contributed by atoms with van der Waals surface area (Å²) in [5.74, 6) is 0.672. The lowest BCUT2D eigenvalue weighted by atomic mass is 10.2. The van der Waals surface area contributed by atoms with Crippen molar-refractivity contribution >= 4 is 33.3 Å². The summed E-state index contributed by atoms with van der Waals surface area (Å²) in [4.78, 5) is 10.4. The predicted molar refractivity (Wildman–Crippen MR) is 80.3 cm³/mol. The van der Waals surface area contributed by atoms with Crippen LogP contribution in [0, 0.1) is 12.7 Å². The first-order chi connectivity index (χ1) is 9.61.